The number of rotatable bonds is 5. The number of anilines is 1. The average Bonchev–Trinajstić information content (AvgIpc) is 2.89. The van der Waals surface area contributed by atoms with Crippen LogP contribution in [0.5, 0.6) is 0 Å². The molecule has 1 N–H and O–H groups in total. The van der Waals surface area contributed by atoms with Crippen LogP contribution < -0.4 is 10.2 Å². The molecule has 1 aromatic carbocycles. The molecular formula is C14H20BrN3O2. The van der Waals surface area contributed by atoms with Crippen molar-refractivity contribution in [2.45, 2.75) is 38.8 Å². The summed E-state index contributed by atoms with van der Waals surface area (Å²) in [6, 6.07) is 5.90. The van der Waals surface area contributed by atoms with Crippen molar-refractivity contribution in [2.24, 2.45) is 0 Å². The number of nitrogens with zero attached hydrogens (tertiary/aromatic N) is 2. The van der Waals surface area contributed by atoms with Gasteiger partial charge in [-0.05, 0) is 45.4 Å². The number of nitrogens with one attached hydrogen (secondary N) is 1. The van der Waals surface area contributed by atoms with E-state index in [2.05, 4.69) is 40.0 Å². The summed E-state index contributed by atoms with van der Waals surface area (Å²) in [5.74, 6) is 0. The van der Waals surface area contributed by atoms with Crippen molar-refractivity contribution < 1.29 is 4.92 Å². The molecule has 0 aliphatic carbocycles. The zero-order valence-corrected chi connectivity index (χ0v) is 13.4. The van der Waals surface area contributed by atoms with E-state index in [1.807, 2.05) is 12.1 Å². The highest BCUT2D eigenvalue weighted by molar-refractivity contribution is 9.10. The maximum Gasteiger partial charge on any atom is 0.293 e. The third-order valence-electron chi connectivity index (χ3n) is 3.65. The van der Waals surface area contributed by atoms with Crippen LogP contribution in [-0.2, 0) is 0 Å². The van der Waals surface area contributed by atoms with Crippen molar-refractivity contribution >= 4 is 27.3 Å². The Bertz CT molecular complexity index is 487. The van der Waals surface area contributed by atoms with Crippen LogP contribution >= 0.6 is 15.9 Å². The van der Waals surface area contributed by atoms with Crippen LogP contribution in [0, 0.1) is 10.1 Å². The molecule has 20 heavy (non-hydrogen) atoms. The number of hydrogen-bond acceptors (Lipinski definition) is 4. The fourth-order valence-corrected chi connectivity index (χ4v) is 2.97. The van der Waals surface area contributed by atoms with Crippen LogP contribution in [0.4, 0.5) is 11.4 Å². The summed E-state index contributed by atoms with van der Waals surface area (Å²) in [6.45, 7) is 5.99. The largest absolute Gasteiger partial charge is 0.362 e. The van der Waals surface area contributed by atoms with Gasteiger partial charge in [0, 0.05) is 29.2 Å². The van der Waals surface area contributed by atoms with Crippen molar-refractivity contribution in [3.05, 3.63) is 32.8 Å². The van der Waals surface area contributed by atoms with Gasteiger partial charge in [-0.3, -0.25) is 10.1 Å². The number of benzene rings is 1. The van der Waals surface area contributed by atoms with E-state index in [0.29, 0.717) is 11.7 Å². The fourth-order valence-electron chi connectivity index (χ4n) is 2.62. The van der Waals surface area contributed by atoms with E-state index in [9.17, 15) is 10.1 Å². The molecule has 5 nitrogen and oxygen atoms in total. The SMILES string of the molecule is CC(C)N(CC1CCCN1)c1ccc(Br)cc1[N+](=O)[O-]. The first-order valence-electron chi connectivity index (χ1n) is 6.93. The number of nitro benzene ring substituents is 1. The van der Waals surface area contributed by atoms with Gasteiger partial charge in [0.1, 0.15) is 5.69 Å². The van der Waals surface area contributed by atoms with Gasteiger partial charge in [-0.2, -0.15) is 0 Å². The molecule has 1 aliphatic rings. The van der Waals surface area contributed by atoms with Crippen molar-refractivity contribution in [2.75, 3.05) is 18.0 Å². The second kappa shape index (κ2) is 6.54. The molecule has 0 radical (unpaired) electrons. The third kappa shape index (κ3) is 3.49. The average molecular weight is 342 g/mol. The van der Waals surface area contributed by atoms with Gasteiger partial charge in [-0.15, -0.1) is 0 Å². The summed E-state index contributed by atoms with van der Waals surface area (Å²) >= 11 is 3.30. The molecule has 0 saturated carbocycles. The summed E-state index contributed by atoms with van der Waals surface area (Å²) in [5.41, 5.74) is 0.855. The van der Waals surface area contributed by atoms with E-state index in [-0.39, 0.29) is 16.7 Å². The second-order valence-corrected chi connectivity index (χ2v) is 6.35. The van der Waals surface area contributed by atoms with E-state index in [1.165, 1.54) is 6.42 Å². The monoisotopic (exact) mass is 341 g/mol. The van der Waals surface area contributed by atoms with Crippen molar-refractivity contribution in [3.8, 4) is 0 Å². The van der Waals surface area contributed by atoms with Crippen LogP contribution in [-0.4, -0.2) is 30.1 Å². The summed E-state index contributed by atoms with van der Waals surface area (Å²) in [7, 11) is 0. The summed E-state index contributed by atoms with van der Waals surface area (Å²) in [4.78, 5) is 13.1. The highest BCUT2D eigenvalue weighted by Gasteiger charge is 2.25. The zero-order valence-electron chi connectivity index (χ0n) is 11.8. The van der Waals surface area contributed by atoms with Crippen LogP contribution in [0.15, 0.2) is 22.7 Å². The van der Waals surface area contributed by atoms with E-state index < -0.39 is 0 Å². The van der Waals surface area contributed by atoms with Crippen molar-refractivity contribution in [1.82, 2.24) is 5.32 Å². The van der Waals surface area contributed by atoms with E-state index in [0.717, 1.165) is 24.0 Å². The van der Waals surface area contributed by atoms with Crippen molar-refractivity contribution in [3.63, 3.8) is 0 Å². The quantitative estimate of drug-likeness (QED) is 0.659. The van der Waals surface area contributed by atoms with Gasteiger partial charge in [-0.25, -0.2) is 0 Å². The maximum atomic E-state index is 11.3. The Balaban J connectivity index is 2.30. The Morgan fingerprint density at radius 3 is 2.85 bits per heavy atom. The highest BCUT2D eigenvalue weighted by atomic mass is 79.9. The second-order valence-electron chi connectivity index (χ2n) is 5.43. The highest BCUT2D eigenvalue weighted by Crippen LogP contribution is 2.32. The minimum atomic E-state index is -0.308. The van der Waals surface area contributed by atoms with Crippen molar-refractivity contribution in [1.29, 1.82) is 0 Å². The lowest BCUT2D eigenvalue weighted by Crippen LogP contribution is -2.41. The molecule has 1 atom stereocenters. The minimum Gasteiger partial charge on any atom is -0.362 e. The Morgan fingerprint density at radius 1 is 1.55 bits per heavy atom. The molecule has 1 aliphatic heterocycles. The van der Waals surface area contributed by atoms with E-state index >= 15 is 0 Å². The lowest BCUT2D eigenvalue weighted by molar-refractivity contribution is -0.384. The molecule has 0 aromatic heterocycles. The zero-order chi connectivity index (χ0) is 14.7. The van der Waals surface area contributed by atoms with Crippen LogP contribution in [0.3, 0.4) is 0 Å². The van der Waals surface area contributed by atoms with Gasteiger partial charge in [0.15, 0.2) is 0 Å². The summed E-state index contributed by atoms with van der Waals surface area (Å²) < 4.78 is 0.732. The molecule has 110 valence electrons. The van der Waals surface area contributed by atoms with E-state index in [1.54, 1.807) is 6.07 Å². The Hall–Kier alpha value is -1.14. The standard InChI is InChI=1S/C14H20BrN3O2/c1-10(2)17(9-12-4-3-7-16-12)13-6-5-11(15)8-14(13)18(19)20/h5-6,8,10,12,16H,3-4,7,9H2,1-2H3. The van der Waals surface area contributed by atoms with Crippen LogP contribution in [0.25, 0.3) is 0 Å². The predicted octanol–water partition coefficient (Wildman–Crippen LogP) is 3.32. The normalized spacial score (nSPS) is 18.5. The molecule has 2 rings (SSSR count). The van der Waals surface area contributed by atoms with Gasteiger partial charge in [-0.1, -0.05) is 15.9 Å². The van der Waals surface area contributed by atoms with Crippen LogP contribution in [0.2, 0.25) is 0 Å². The fraction of sp³-hybridized carbons (Fsp3) is 0.571. The topological polar surface area (TPSA) is 58.4 Å². The molecule has 1 fully saturated rings. The minimum absolute atomic E-state index is 0.158. The molecule has 1 heterocycles. The summed E-state index contributed by atoms with van der Waals surface area (Å²) in [5, 5.41) is 14.7. The molecule has 0 bridgehead atoms. The molecule has 1 unspecified atom stereocenters. The van der Waals surface area contributed by atoms with Gasteiger partial charge < -0.3 is 10.2 Å². The molecule has 1 saturated heterocycles. The molecule has 1 aromatic rings. The first-order valence-corrected chi connectivity index (χ1v) is 7.72. The lowest BCUT2D eigenvalue weighted by Gasteiger charge is -2.31. The Morgan fingerprint density at radius 2 is 2.30 bits per heavy atom. The number of hydrogen-bond donors (Lipinski definition) is 1. The first kappa shape index (κ1) is 15.3. The first-order chi connectivity index (χ1) is 9.49. The van der Waals surface area contributed by atoms with Gasteiger partial charge in [0.2, 0.25) is 0 Å². The van der Waals surface area contributed by atoms with Crippen LogP contribution in [0.1, 0.15) is 26.7 Å². The maximum absolute atomic E-state index is 11.3. The molecule has 6 heteroatoms. The van der Waals surface area contributed by atoms with Gasteiger partial charge in [0.25, 0.3) is 5.69 Å². The Kier molecular flexibility index (Phi) is 4.99. The molecule has 0 spiro atoms. The van der Waals surface area contributed by atoms with Gasteiger partial charge >= 0.3 is 0 Å². The number of halogens is 1. The molecular weight excluding hydrogens is 322 g/mol. The number of nitro groups is 1. The third-order valence-corrected chi connectivity index (χ3v) is 4.14. The van der Waals surface area contributed by atoms with E-state index in [4.69, 9.17) is 0 Å². The molecule has 0 amide bonds. The Labute approximate surface area is 127 Å². The summed E-state index contributed by atoms with van der Waals surface area (Å²) in [6.07, 6.45) is 2.31. The van der Waals surface area contributed by atoms with Gasteiger partial charge in [0.05, 0.1) is 4.92 Å². The smallest absolute Gasteiger partial charge is 0.293 e. The predicted molar refractivity (Wildman–Crippen MR) is 84.3 cm³/mol. The lowest BCUT2D eigenvalue weighted by atomic mass is 10.1.